The van der Waals surface area contributed by atoms with Crippen LogP contribution in [0.25, 0.3) is 0 Å². The minimum Gasteiger partial charge on any atom is -0.497 e. The van der Waals surface area contributed by atoms with E-state index in [9.17, 15) is 31.2 Å². The van der Waals surface area contributed by atoms with Crippen LogP contribution < -0.4 is 14.4 Å². The van der Waals surface area contributed by atoms with Crippen molar-refractivity contribution in [2.24, 2.45) is 0 Å². The number of carbonyl (C=O) groups excluding carboxylic acids is 2. The number of aryl methyl sites for hydroxylation is 1. The Morgan fingerprint density at radius 2 is 1.61 bits per heavy atom. The Balaban J connectivity index is 2.13. The molecule has 238 valence electrons. The molecular weight excluding hydrogens is 595 g/mol. The van der Waals surface area contributed by atoms with E-state index in [-0.39, 0.29) is 29.6 Å². The molecule has 2 atom stereocenters. The first-order valence-corrected chi connectivity index (χ1v) is 15.6. The lowest BCUT2D eigenvalue weighted by Gasteiger charge is -2.34. The molecule has 3 aromatic carbocycles. The summed E-state index contributed by atoms with van der Waals surface area (Å²) >= 11 is 0. The van der Waals surface area contributed by atoms with E-state index in [1.807, 2.05) is 13.8 Å². The molecule has 2 amide bonds. The Kier molecular flexibility index (Phi) is 11.4. The van der Waals surface area contributed by atoms with Crippen LogP contribution in [0.15, 0.2) is 77.7 Å². The number of nitrogens with zero attached hydrogens (tertiary/aromatic N) is 2. The fourth-order valence-electron chi connectivity index (χ4n) is 4.53. The van der Waals surface area contributed by atoms with Gasteiger partial charge in [-0.1, -0.05) is 49.7 Å². The van der Waals surface area contributed by atoms with Crippen LogP contribution in [0.1, 0.15) is 50.3 Å². The molecule has 0 spiro atoms. The molecule has 12 heteroatoms. The van der Waals surface area contributed by atoms with Crippen molar-refractivity contribution in [3.8, 4) is 5.75 Å². The van der Waals surface area contributed by atoms with Gasteiger partial charge in [-0.05, 0) is 74.7 Å². The molecule has 0 aliphatic carbocycles. The quantitative estimate of drug-likeness (QED) is 0.252. The highest BCUT2D eigenvalue weighted by Crippen LogP contribution is 2.33. The number of amides is 2. The predicted molar refractivity (Wildman–Crippen MR) is 163 cm³/mol. The molecule has 0 aliphatic rings. The molecule has 3 aromatic rings. The molecule has 0 aromatic heterocycles. The molecule has 0 radical (unpaired) electrons. The largest absolute Gasteiger partial charge is 0.497 e. The summed E-state index contributed by atoms with van der Waals surface area (Å²) in [5.74, 6) is -0.684. The Labute approximate surface area is 256 Å². The van der Waals surface area contributed by atoms with Crippen LogP contribution in [-0.2, 0) is 32.3 Å². The second kappa shape index (κ2) is 14.6. The molecule has 0 aliphatic heterocycles. The number of methoxy groups -OCH3 is 1. The van der Waals surface area contributed by atoms with Crippen molar-refractivity contribution in [3.63, 3.8) is 0 Å². The van der Waals surface area contributed by atoms with E-state index in [2.05, 4.69) is 5.32 Å². The summed E-state index contributed by atoms with van der Waals surface area (Å²) < 4.78 is 74.8. The first kappa shape index (κ1) is 34.4. The number of hydrogen-bond donors (Lipinski definition) is 1. The minimum atomic E-state index is -4.75. The van der Waals surface area contributed by atoms with E-state index in [4.69, 9.17) is 4.74 Å². The van der Waals surface area contributed by atoms with Gasteiger partial charge in [-0.3, -0.25) is 13.9 Å². The molecule has 0 fully saturated rings. The maximum Gasteiger partial charge on any atom is 0.416 e. The van der Waals surface area contributed by atoms with Gasteiger partial charge in [0, 0.05) is 12.6 Å². The number of ether oxygens (including phenoxy) is 1. The van der Waals surface area contributed by atoms with Crippen molar-refractivity contribution in [2.75, 3.05) is 18.0 Å². The smallest absolute Gasteiger partial charge is 0.416 e. The van der Waals surface area contributed by atoms with Crippen molar-refractivity contribution in [1.82, 2.24) is 10.2 Å². The van der Waals surface area contributed by atoms with Crippen LogP contribution in [0.2, 0.25) is 0 Å². The first-order valence-electron chi connectivity index (χ1n) is 14.2. The molecule has 1 N–H and O–H groups in total. The zero-order chi connectivity index (χ0) is 32.7. The normalized spacial score (nSPS) is 13.1. The highest BCUT2D eigenvalue weighted by Gasteiger charge is 2.36. The summed E-state index contributed by atoms with van der Waals surface area (Å²) in [4.78, 5) is 28.6. The second-order valence-electron chi connectivity index (χ2n) is 10.5. The fourth-order valence-corrected chi connectivity index (χ4v) is 5.94. The van der Waals surface area contributed by atoms with E-state index >= 15 is 0 Å². The number of sulfonamides is 1. The number of anilines is 1. The third kappa shape index (κ3) is 8.52. The van der Waals surface area contributed by atoms with Crippen molar-refractivity contribution < 1.29 is 35.9 Å². The second-order valence-corrected chi connectivity index (χ2v) is 12.4. The highest BCUT2D eigenvalue weighted by molar-refractivity contribution is 7.92. The lowest BCUT2D eigenvalue weighted by Crippen LogP contribution is -2.53. The van der Waals surface area contributed by atoms with Gasteiger partial charge in [0.1, 0.15) is 18.3 Å². The van der Waals surface area contributed by atoms with Gasteiger partial charge in [-0.25, -0.2) is 8.42 Å². The molecule has 0 saturated carbocycles. The van der Waals surface area contributed by atoms with Gasteiger partial charge >= 0.3 is 6.18 Å². The predicted octanol–water partition coefficient (Wildman–Crippen LogP) is 5.94. The van der Waals surface area contributed by atoms with E-state index in [0.717, 1.165) is 17.7 Å². The average molecular weight is 634 g/mol. The summed E-state index contributed by atoms with van der Waals surface area (Å²) in [6.45, 7) is 6.27. The van der Waals surface area contributed by atoms with Crippen molar-refractivity contribution in [2.45, 2.75) is 70.2 Å². The number of halogens is 3. The van der Waals surface area contributed by atoms with E-state index < -0.39 is 46.2 Å². The zero-order valence-corrected chi connectivity index (χ0v) is 26.2. The molecule has 44 heavy (non-hydrogen) atoms. The number of carbonyl (C=O) groups is 2. The first-order chi connectivity index (χ1) is 20.7. The van der Waals surface area contributed by atoms with Gasteiger partial charge < -0.3 is 15.0 Å². The number of hydrogen-bond acceptors (Lipinski definition) is 5. The summed E-state index contributed by atoms with van der Waals surface area (Å²) in [6.07, 6.45) is -3.91. The van der Waals surface area contributed by atoms with Crippen LogP contribution in [0.5, 0.6) is 5.75 Å². The van der Waals surface area contributed by atoms with Gasteiger partial charge in [-0.15, -0.1) is 0 Å². The van der Waals surface area contributed by atoms with Gasteiger partial charge in [-0.2, -0.15) is 13.2 Å². The van der Waals surface area contributed by atoms with Crippen LogP contribution in [0, 0.1) is 6.92 Å². The third-order valence-electron chi connectivity index (χ3n) is 7.22. The van der Waals surface area contributed by atoms with Gasteiger partial charge in [0.05, 0.1) is 23.3 Å². The van der Waals surface area contributed by atoms with Crippen LogP contribution in [0.3, 0.4) is 0 Å². The Morgan fingerprint density at radius 3 is 2.20 bits per heavy atom. The van der Waals surface area contributed by atoms with Crippen LogP contribution in [0.4, 0.5) is 18.9 Å². The summed E-state index contributed by atoms with van der Waals surface area (Å²) in [6, 6.07) is 15.3. The monoisotopic (exact) mass is 633 g/mol. The number of nitrogens with one attached hydrogen (secondary N) is 1. The SMILES string of the molecule is CC[C@@H](C)NC(=O)[C@H](CC)N(Cc1cccc(OC)c1)C(=O)CN(c1cccc(C(F)(F)F)c1)S(=O)(=O)c1ccc(C)cc1. The Morgan fingerprint density at radius 1 is 0.955 bits per heavy atom. The molecular formula is C32H38F3N3O5S. The van der Waals surface area contributed by atoms with Crippen molar-refractivity contribution in [1.29, 1.82) is 0 Å². The standard InChI is InChI=1S/C32H38F3N3O5S/c1-6-23(4)36-31(40)29(7-2)37(20-24-10-8-13-27(18-24)43-5)30(39)21-38(26-12-9-11-25(19-26)32(33,34)35)44(41,42)28-16-14-22(3)15-17-28/h8-19,23,29H,6-7,20-21H2,1-5H3,(H,36,40)/t23-,29+/m1/s1. The summed E-state index contributed by atoms with van der Waals surface area (Å²) in [5.41, 5.74) is -0.0286. The molecule has 0 heterocycles. The van der Waals surface area contributed by atoms with Gasteiger partial charge in [0.2, 0.25) is 11.8 Å². The van der Waals surface area contributed by atoms with Gasteiger partial charge in [0.25, 0.3) is 10.0 Å². The van der Waals surface area contributed by atoms with Crippen LogP contribution in [-0.4, -0.2) is 50.9 Å². The number of alkyl halides is 3. The summed E-state index contributed by atoms with van der Waals surface area (Å²) in [5, 5.41) is 2.88. The van der Waals surface area contributed by atoms with Crippen molar-refractivity contribution >= 4 is 27.5 Å². The average Bonchev–Trinajstić information content (AvgIpc) is 2.99. The topological polar surface area (TPSA) is 96.0 Å². The molecule has 0 bridgehead atoms. The third-order valence-corrected chi connectivity index (χ3v) is 9.01. The van der Waals surface area contributed by atoms with Gasteiger partial charge in [0.15, 0.2) is 0 Å². The number of benzene rings is 3. The molecule has 8 nitrogen and oxygen atoms in total. The lowest BCUT2D eigenvalue weighted by atomic mass is 10.1. The maximum atomic E-state index is 14.1. The van der Waals surface area contributed by atoms with Crippen LogP contribution >= 0.6 is 0 Å². The Hall–Kier alpha value is -4.06. The van der Waals surface area contributed by atoms with E-state index in [1.165, 1.54) is 30.2 Å². The summed E-state index contributed by atoms with van der Waals surface area (Å²) in [7, 11) is -3.04. The Bertz CT molecular complexity index is 1550. The molecule has 0 saturated heterocycles. The molecule has 0 unspecified atom stereocenters. The van der Waals surface area contributed by atoms with Crippen molar-refractivity contribution in [3.05, 3.63) is 89.5 Å². The maximum absolute atomic E-state index is 14.1. The minimum absolute atomic E-state index is 0.0799. The van der Waals surface area contributed by atoms with E-state index in [1.54, 1.807) is 50.2 Å². The fraction of sp³-hybridized carbons (Fsp3) is 0.375. The van der Waals surface area contributed by atoms with E-state index in [0.29, 0.717) is 28.1 Å². The molecule has 3 rings (SSSR count). The zero-order valence-electron chi connectivity index (χ0n) is 25.4. The number of rotatable bonds is 13. The lowest BCUT2D eigenvalue weighted by molar-refractivity contribution is -0.140. The highest BCUT2D eigenvalue weighted by atomic mass is 32.2.